The molecule has 0 saturated carbocycles. The highest BCUT2D eigenvalue weighted by Crippen LogP contribution is 2.20. The third-order valence-corrected chi connectivity index (χ3v) is 11.7. The van der Waals surface area contributed by atoms with Gasteiger partial charge in [0.1, 0.15) is 29.9 Å². The lowest BCUT2D eigenvalue weighted by atomic mass is 10.0. The molecule has 0 saturated heterocycles. The predicted octanol–water partition coefficient (Wildman–Crippen LogP) is 0.0798. The van der Waals surface area contributed by atoms with Gasteiger partial charge in [-0.1, -0.05) is 65.1 Å². The number of nitrogens with two attached hydrogens (primary N) is 3. The van der Waals surface area contributed by atoms with Crippen LogP contribution in [0.4, 0.5) is 0 Å². The van der Waals surface area contributed by atoms with Crippen LogP contribution in [0.1, 0.15) is 48.6 Å². The summed E-state index contributed by atoms with van der Waals surface area (Å²) >= 11 is 0. The Bertz CT molecular complexity index is 2430. The highest BCUT2D eigenvalue weighted by atomic mass is 32.2. The summed E-state index contributed by atoms with van der Waals surface area (Å²) in [6.45, 7) is 1.26. The number of H-pyrrole nitrogens is 2. The van der Waals surface area contributed by atoms with E-state index in [1.807, 2.05) is 24.3 Å². The van der Waals surface area contributed by atoms with Crippen molar-refractivity contribution in [3.8, 4) is 5.75 Å². The lowest BCUT2D eigenvalue weighted by Crippen LogP contribution is -2.60. The van der Waals surface area contributed by atoms with Crippen LogP contribution in [0.3, 0.4) is 0 Å². The molecule has 0 fully saturated rings. The molecule has 0 spiro atoms. The van der Waals surface area contributed by atoms with Gasteiger partial charge in [-0.25, -0.2) is 4.98 Å². The maximum absolute atomic E-state index is 14.4. The minimum Gasteiger partial charge on any atom is -0.497 e. The number of rotatable bonds is 25. The first kappa shape index (κ1) is 48.4. The van der Waals surface area contributed by atoms with E-state index in [2.05, 4.69) is 41.1 Å². The number of hydrogen-bond acceptors (Lipinski definition) is 11. The molecular weight excluding hydrogens is 845 g/mol. The maximum Gasteiger partial charge on any atom is 0.297 e. The molecule has 0 aliphatic rings. The number of hydrogen-bond donors (Lipinski definition) is 10. The van der Waals surface area contributed by atoms with Gasteiger partial charge in [0, 0.05) is 36.1 Å². The van der Waals surface area contributed by atoms with Crippen LogP contribution in [0.5, 0.6) is 5.75 Å². The topological polar surface area (TPSA) is 315 Å². The Morgan fingerprint density at radius 1 is 0.781 bits per heavy atom. The number of aromatic amines is 2. The predicted molar refractivity (Wildman–Crippen MR) is 239 cm³/mol. The summed E-state index contributed by atoms with van der Waals surface area (Å²) in [4.78, 5) is 77.6. The van der Waals surface area contributed by atoms with E-state index >= 15 is 0 Å². The molecule has 5 amide bonds. The van der Waals surface area contributed by atoms with Crippen molar-refractivity contribution in [2.45, 2.75) is 82.2 Å². The quantitative estimate of drug-likeness (QED) is 0.0276. The Balaban J connectivity index is 1.38. The Kier molecular flexibility index (Phi) is 17.5. The maximum atomic E-state index is 14.4. The Morgan fingerprint density at radius 3 is 2.14 bits per heavy atom. The van der Waals surface area contributed by atoms with Gasteiger partial charge in [0.15, 0.2) is 0 Å². The minimum absolute atomic E-state index is 0.00143. The fourth-order valence-electron chi connectivity index (χ4n) is 6.74. The zero-order valence-corrected chi connectivity index (χ0v) is 36.4. The fraction of sp³-hybridized carbons (Fsp3) is 0.349. The second-order valence-electron chi connectivity index (χ2n) is 15.2. The Morgan fingerprint density at radius 2 is 1.47 bits per heavy atom. The van der Waals surface area contributed by atoms with Crippen molar-refractivity contribution >= 4 is 50.6 Å². The summed E-state index contributed by atoms with van der Waals surface area (Å²) < 4.78 is 37.1. The molecule has 342 valence electrons. The number of aromatic nitrogens is 3. The van der Waals surface area contributed by atoms with E-state index in [-0.39, 0.29) is 25.7 Å². The number of unbranched alkanes of at least 4 members (excludes halogenated alkanes) is 1. The highest BCUT2D eigenvalue weighted by Gasteiger charge is 2.34. The van der Waals surface area contributed by atoms with Crippen LogP contribution in [0, 0.1) is 0 Å². The molecule has 0 aliphatic heterocycles. The molecule has 5 aromatic rings. The Labute approximate surface area is 371 Å². The van der Waals surface area contributed by atoms with Crippen LogP contribution < -0.4 is 48.0 Å². The molecule has 0 bridgehead atoms. The number of nitrogens with one attached hydrogen (secondary N) is 7. The first-order valence-electron chi connectivity index (χ1n) is 20.6. The molecular formula is C43H56N12O8S. The van der Waals surface area contributed by atoms with Gasteiger partial charge in [-0.3, -0.25) is 29.4 Å². The summed E-state index contributed by atoms with van der Waals surface area (Å²) in [5.74, 6) is -3.52. The van der Waals surface area contributed by atoms with E-state index in [0.717, 1.165) is 10.9 Å². The number of para-hydroxylation sites is 1. The van der Waals surface area contributed by atoms with Gasteiger partial charge in [-0.05, 0) is 74.0 Å². The molecule has 5 rings (SSSR count). The molecule has 20 nitrogen and oxygen atoms in total. The number of methoxy groups -OCH3 is 1. The lowest BCUT2D eigenvalue weighted by Gasteiger charge is -2.28. The molecule has 0 radical (unpaired) electrons. The first-order chi connectivity index (χ1) is 30.7. The van der Waals surface area contributed by atoms with Crippen LogP contribution in [0.15, 0.2) is 97.6 Å². The number of imidazole rings is 1. The molecule has 13 N–H and O–H groups in total. The van der Waals surface area contributed by atoms with E-state index in [0.29, 0.717) is 51.9 Å². The van der Waals surface area contributed by atoms with E-state index in [1.165, 1.54) is 20.4 Å². The number of fused-ring (bicyclic) bond motifs is 1. The number of carbonyl (C=O) groups excluding carboxylic acids is 5. The normalized spacial score (nSPS) is 13.9. The third-order valence-electron chi connectivity index (χ3n) is 10.3. The summed E-state index contributed by atoms with van der Waals surface area (Å²) in [7, 11) is -3.35. The number of ether oxygens (including phenoxy) is 1. The lowest BCUT2D eigenvalue weighted by molar-refractivity contribution is -0.133. The van der Waals surface area contributed by atoms with Crippen LogP contribution >= 0.6 is 0 Å². The number of primary amides is 1. The first-order valence-corrected chi connectivity index (χ1v) is 22.1. The van der Waals surface area contributed by atoms with E-state index in [9.17, 15) is 32.4 Å². The van der Waals surface area contributed by atoms with Crippen LogP contribution in [-0.4, -0.2) is 101 Å². The summed E-state index contributed by atoms with van der Waals surface area (Å²) in [5, 5.41) is 8.70. The van der Waals surface area contributed by atoms with Gasteiger partial charge >= 0.3 is 0 Å². The average molecular weight is 901 g/mol. The second kappa shape index (κ2) is 23.2. The van der Waals surface area contributed by atoms with Crippen LogP contribution in [-0.2, 0) is 60.0 Å². The third kappa shape index (κ3) is 13.9. The second-order valence-corrected chi connectivity index (χ2v) is 16.8. The van der Waals surface area contributed by atoms with Crippen molar-refractivity contribution in [1.29, 1.82) is 0 Å². The standard InChI is InChI=1S/C43H56N12O8S/c1-27(50-42(59)37(21-30-23-48-35-13-7-6-12-33(30)35)52-41(58)34(45)22-31-24-47-26-49-31)40(57)53-55(25-29-15-17-32(63-2)18-16-29)64(61,62)54-38(20-28-10-4-3-5-11-28)43(60)51-36(39(46)56)14-8-9-19-44/h3-7,10-13,15-18,23-24,26-27,34,36-38,48,54H,8-9,14,19-22,25,44-45H2,1-2H3,(H2,46,56)(H,47,49)(H,50,59)(H,51,60)(H,52,58)(H,53,57)/t27-,34-,36-,37+,38+/m0/s1. The molecule has 64 heavy (non-hydrogen) atoms. The number of hydrazine groups is 1. The summed E-state index contributed by atoms with van der Waals surface area (Å²) in [6, 6.07) is 16.1. The van der Waals surface area contributed by atoms with Crippen molar-refractivity contribution in [1.82, 2.24) is 45.5 Å². The fourth-order valence-corrected chi connectivity index (χ4v) is 7.95. The zero-order valence-electron chi connectivity index (χ0n) is 35.6. The number of nitrogens with zero attached hydrogens (tertiary/aromatic N) is 2. The largest absolute Gasteiger partial charge is 0.497 e. The molecule has 0 aliphatic carbocycles. The minimum atomic E-state index is -4.82. The molecule has 3 aromatic carbocycles. The average Bonchev–Trinajstić information content (AvgIpc) is 3.95. The SMILES string of the molecule is COc1ccc(CN(NC(=O)[C@H](C)NC(=O)[C@@H](Cc2c[nH]c3ccccc23)NC(=O)[C@@H](N)Cc2c[nH]cn2)S(=O)(=O)N[C@H](Cc2ccccc2)C(=O)N[C@@H](CCCCN)C(N)=O)cc1. The zero-order chi connectivity index (χ0) is 46.2. The summed E-state index contributed by atoms with van der Waals surface area (Å²) in [5.41, 5.74) is 22.8. The van der Waals surface area contributed by atoms with Gasteiger partial charge < -0.3 is 47.9 Å². The van der Waals surface area contributed by atoms with Gasteiger partial charge in [0.2, 0.25) is 23.6 Å². The van der Waals surface area contributed by atoms with E-state index in [4.69, 9.17) is 21.9 Å². The van der Waals surface area contributed by atoms with Crippen molar-refractivity contribution in [2.24, 2.45) is 17.2 Å². The van der Waals surface area contributed by atoms with Gasteiger partial charge in [0.05, 0.1) is 31.7 Å². The molecule has 2 heterocycles. The molecule has 0 unspecified atom stereocenters. The van der Waals surface area contributed by atoms with Crippen LogP contribution in [0.2, 0.25) is 0 Å². The van der Waals surface area contributed by atoms with Gasteiger partial charge in [0.25, 0.3) is 16.1 Å². The number of benzene rings is 3. The van der Waals surface area contributed by atoms with Gasteiger partial charge in [-0.15, -0.1) is 0 Å². The smallest absolute Gasteiger partial charge is 0.297 e. The van der Waals surface area contributed by atoms with Crippen molar-refractivity contribution in [2.75, 3.05) is 13.7 Å². The van der Waals surface area contributed by atoms with E-state index in [1.54, 1.807) is 67.0 Å². The van der Waals surface area contributed by atoms with Gasteiger partial charge in [-0.2, -0.15) is 13.1 Å². The van der Waals surface area contributed by atoms with Crippen molar-refractivity contribution in [3.63, 3.8) is 0 Å². The number of carbonyl (C=O) groups is 5. The Hall–Kier alpha value is -6.65. The molecule has 2 aromatic heterocycles. The van der Waals surface area contributed by atoms with E-state index < -0.39 is 76.5 Å². The highest BCUT2D eigenvalue weighted by molar-refractivity contribution is 7.87. The van der Waals surface area contributed by atoms with Crippen molar-refractivity contribution in [3.05, 3.63) is 120 Å². The van der Waals surface area contributed by atoms with Crippen molar-refractivity contribution < 1.29 is 37.1 Å². The molecule has 21 heteroatoms. The summed E-state index contributed by atoms with van der Waals surface area (Å²) in [6.07, 6.45) is 5.92. The monoisotopic (exact) mass is 900 g/mol. The van der Waals surface area contributed by atoms with Crippen LogP contribution in [0.25, 0.3) is 10.9 Å². The number of amides is 5. The molecule has 5 atom stereocenters.